The van der Waals surface area contributed by atoms with Crippen LogP contribution >= 0.6 is 0 Å². The Kier molecular flexibility index (Phi) is 4.77. The first-order valence-corrected chi connectivity index (χ1v) is 6.84. The number of halogens is 1. The van der Waals surface area contributed by atoms with E-state index in [-0.39, 0.29) is 18.0 Å². The van der Waals surface area contributed by atoms with Gasteiger partial charge in [-0.2, -0.15) is 0 Å². The zero-order valence-corrected chi connectivity index (χ0v) is 11.8. The highest BCUT2D eigenvalue weighted by Crippen LogP contribution is 2.29. The summed E-state index contributed by atoms with van der Waals surface area (Å²) in [7, 11) is 1.69. The maximum atomic E-state index is 13.5. The highest BCUT2D eigenvalue weighted by Gasteiger charge is 2.42. The molecule has 0 bridgehead atoms. The van der Waals surface area contributed by atoms with Crippen molar-refractivity contribution in [1.29, 1.82) is 0 Å². The predicted octanol–water partition coefficient (Wildman–Crippen LogP) is 2.67. The summed E-state index contributed by atoms with van der Waals surface area (Å²) in [4.78, 5) is 0. The van der Waals surface area contributed by atoms with Crippen molar-refractivity contribution in [2.24, 2.45) is 0 Å². The predicted molar refractivity (Wildman–Crippen MR) is 73.0 cm³/mol. The molecule has 0 amide bonds. The molecule has 1 aliphatic carbocycles. The van der Waals surface area contributed by atoms with Crippen LogP contribution in [0.4, 0.5) is 4.39 Å². The van der Waals surface area contributed by atoms with Crippen LogP contribution in [0.25, 0.3) is 0 Å². The largest absolute Gasteiger partial charge is 0.487 e. The van der Waals surface area contributed by atoms with Crippen LogP contribution in [0.1, 0.15) is 25.3 Å². The van der Waals surface area contributed by atoms with Gasteiger partial charge in [-0.1, -0.05) is 13.0 Å². The zero-order valence-electron chi connectivity index (χ0n) is 11.8. The number of hydrogen-bond acceptors (Lipinski definition) is 3. The van der Waals surface area contributed by atoms with E-state index >= 15 is 0 Å². The lowest BCUT2D eigenvalue weighted by atomic mass is 9.85. The summed E-state index contributed by atoms with van der Waals surface area (Å²) in [6, 6.07) is 5.32. The van der Waals surface area contributed by atoms with Crippen molar-refractivity contribution in [1.82, 2.24) is 5.32 Å². The summed E-state index contributed by atoms with van der Waals surface area (Å²) in [6.07, 6.45) is 2.03. The zero-order chi connectivity index (χ0) is 13.8. The van der Waals surface area contributed by atoms with Gasteiger partial charge in [0.25, 0.3) is 0 Å². The molecule has 0 radical (unpaired) electrons. The molecule has 0 spiro atoms. The van der Waals surface area contributed by atoms with Gasteiger partial charge in [0.2, 0.25) is 0 Å². The molecule has 0 aliphatic heterocycles. The molecule has 0 aromatic heterocycles. The van der Waals surface area contributed by atoms with Crippen molar-refractivity contribution in [2.75, 3.05) is 13.7 Å². The minimum Gasteiger partial charge on any atom is -0.487 e. The fraction of sp³-hybridized carbons (Fsp3) is 0.600. The minimum atomic E-state index is -0.230. The molecule has 0 saturated heterocycles. The summed E-state index contributed by atoms with van der Waals surface area (Å²) < 4.78 is 24.7. The normalized spacial score (nSPS) is 26.0. The molecule has 0 heterocycles. The van der Waals surface area contributed by atoms with Crippen molar-refractivity contribution in [2.45, 2.75) is 44.9 Å². The molecular weight excluding hydrogens is 245 g/mol. The van der Waals surface area contributed by atoms with Gasteiger partial charge in [0.05, 0.1) is 0 Å². The van der Waals surface area contributed by atoms with Crippen LogP contribution in [-0.2, 0) is 4.74 Å². The van der Waals surface area contributed by atoms with Gasteiger partial charge in [0.1, 0.15) is 23.8 Å². The van der Waals surface area contributed by atoms with Gasteiger partial charge < -0.3 is 14.8 Å². The van der Waals surface area contributed by atoms with E-state index < -0.39 is 0 Å². The van der Waals surface area contributed by atoms with Gasteiger partial charge in [-0.05, 0) is 31.5 Å². The summed E-state index contributed by atoms with van der Waals surface area (Å²) in [5.74, 6) is 0.343. The molecule has 3 unspecified atom stereocenters. The number of rotatable bonds is 6. The smallest absolute Gasteiger partial charge is 0.129 e. The molecule has 1 aliphatic rings. The second-order valence-corrected chi connectivity index (χ2v) is 5.06. The minimum absolute atomic E-state index is 0.00135. The van der Waals surface area contributed by atoms with Crippen molar-refractivity contribution in [3.05, 3.63) is 29.6 Å². The van der Waals surface area contributed by atoms with Crippen molar-refractivity contribution in [3.63, 3.8) is 0 Å². The molecule has 1 N–H and O–H groups in total. The van der Waals surface area contributed by atoms with Gasteiger partial charge in [-0.15, -0.1) is 0 Å². The van der Waals surface area contributed by atoms with Crippen LogP contribution in [0.3, 0.4) is 0 Å². The number of methoxy groups -OCH3 is 1. The number of benzene rings is 1. The van der Waals surface area contributed by atoms with Crippen molar-refractivity contribution >= 4 is 0 Å². The van der Waals surface area contributed by atoms with Gasteiger partial charge in [-0.25, -0.2) is 4.39 Å². The molecule has 2 rings (SSSR count). The fourth-order valence-corrected chi connectivity index (χ4v) is 2.36. The number of nitrogens with one attached hydrogen (secondary N) is 1. The first-order valence-electron chi connectivity index (χ1n) is 6.84. The summed E-state index contributed by atoms with van der Waals surface area (Å²) in [5.41, 5.74) is 0.631. The maximum absolute atomic E-state index is 13.5. The SMILES string of the molecule is CCCNC1CC(Oc2ccc(C)c(F)c2)C1OC. The third-order valence-corrected chi connectivity index (χ3v) is 3.61. The van der Waals surface area contributed by atoms with E-state index in [1.54, 1.807) is 26.2 Å². The van der Waals surface area contributed by atoms with E-state index in [1.165, 1.54) is 6.07 Å². The highest BCUT2D eigenvalue weighted by atomic mass is 19.1. The number of hydrogen-bond donors (Lipinski definition) is 1. The molecule has 1 aromatic carbocycles. The molecular formula is C15H22FNO2. The molecule has 1 saturated carbocycles. The van der Waals surface area contributed by atoms with Gasteiger partial charge in [0.15, 0.2) is 0 Å². The summed E-state index contributed by atoms with van der Waals surface area (Å²) in [6.45, 7) is 4.86. The van der Waals surface area contributed by atoms with Crippen LogP contribution < -0.4 is 10.1 Å². The standard InChI is InChI=1S/C15H22FNO2/c1-4-7-17-13-9-14(15(13)18-3)19-11-6-5-10(2)12(16)8-11/h5-6,8,13-15,17H,4,7,9H2,1-3H3. The van der Waals surface area contributed by atoms with Crippen LogP contribution in [0.15, 0.2) is 18.2 Å². The topological polar surface area (TPSA) is 30.5 Å². The third-order valence-electron chi connectivity index (χ3n) is 3.61. The molecule has 4 heteroatoms. The monoisotopic (exact) mass is 267 g/mol. The molecule has 19 heavy (non-hydrogen) atoms. The highest BCUT2D eigenvalue weighted by molar-refractivity contribution is 5.28. The lowest BCUT2D eigenvalue weighted by Gasteiger charge is -2.43. The third kappa shape index (κ3) is 3.25. The van der Waals surface area contributed by atoms with Gasteiger partial charge in [0, 0.05) is 25.6 Å². The molecule has 3 nitrogen and oxygen atoms in total. The van der Waals surface area contributed by atoms with Crippen LogP contribution in [-0.4, -0.2) is 31.9 Å². The average molecular weight is 267 g/mol. The Morgan fingerprint density at radius 1 is 1.42 bits per heavy atom. The van der Waals surface area contributed by atoms with Crippen LogP contribution in [0.5, 0.6) is 5.75 Å². The van der Waals surface area contributed by atoms with E-state index in [0.29, 0.717) is 17.4 Å². The van der Waals surface area contributed by atoms with Crippen molar-refractivity contribution < 1.29 is 13.9 Å². The Labute approximate surface area is 114 Å². The van der Waals surface area contributed by atoms with E-state index in [0.717, 1.165) is 19.4 Å². The Bertz CT molecular complexity index is 425. The van der Waals surface area contributed by atoms with Crippen LogP contribution in [0, 0.1) is 12.7 Å². The second kappa shape index (κ2) is 6.35. The molecule has 106 valence electrons. The Balaban J connectivity index is 1.91. The second-order valence-electron chi connectivity index (χ2n) is 5.06. The first-order chi connectivity index (χ1) is 9.15. The summed E-state index contributed by atoms with van der Waals surface area (Å²) >= 11 is 0. The lowest BCUT2D eigenvalue weighted by molar-refractivity contribution is -0.0887. The van der Waals surface area contributed by atoms with E-state index in [2.05, 4.69) is 12.2 Å². The van der Waals surface area contributed by atoms with E-state index in [4.69, 9.17) is 9.47 Å². The van der Waals surface area contributed by atoms with Crippen molar-refractivity contribution in [3.8, 4) is 5.75 Å². The first kappa shape index (κ1) is 14.3. The Morgan fingerprint density at radius 2 is 2.21 bits per heavy atom. The maximum Gasteiger partial charge on any atom is 0.129 e. The summed E-state index contributed by atoms with van der Waals surface area (Å²) in [5, 5.41) is 3.43. The van der Waals surface area contributed by atoms with E-state index in [1.807, 2.05) is 0 Å². The molecule has 1 fully saturated rings. The Morgan fingerprint density at radius 3 is 2.84 bits per heavy atom. The number of aryl methyl sites for hydroxylation is 1. The Hall–Kier alpha value is -1.13. The van der Waals surface area contributed by atoms with E-state index in [9.17, 15) is 4.39 Å². The van der Waals surface area contributed by atoms with Crippen LogP contribution in [0.2, 0.25) is 0 Å². The molecule has 1 aromatic rings. The fourth-order valence-electron chi connectivity index (χ4n) is 2.36. The quantitative estimate of drug-likeness (QED) is 0.859. The van der Waals surface area contributed by atoms with Gasteiger partial charge in [-0.3, -0.25) is 0 Å². The molecule has 3 atom stereocenters. The van der Waals surface area contributed by atoms with Gasteiger partial charge >= 0.3 is 0 Å². The number of ether oxygens (including phenoxy) is 2. The lowest BCUT2D eigenvalue weighted by Crippen LogP contribution is -2.61. The average Bonchev–Trinajstić information content (AvgIpc) is 2.37.